The lowest BCUT2D eigenvalue weighted by Gasteiger charge is -2.22. The Morgan fingerprint density at radius 2 is 2.20 bits per heavy atom. The molecular weight excluding hydrogens is 256 g/mol. The fourth-order valence-electron chi connectivity index (χ4n) is 2.60. The molecule has 20 heavy (non-hydrogen) atoms. The van der Waals surface area contributed by atoms with Gasteiger partial charge in [0.25, 0.3) is 5.56 Å². The lowest BCUT2D eigenvalue weighted by molar-refractivity contribution is 0.0609. The average Bonchev–Trinajstić information content (AvgIpc) is 2.51. The molecule has 0 amide bonds. The Bertz CT molecular complexity index is 660. The number of fused-ring (bicyclic) bond motifs is 1. The van der Waals surface area contributed by atoms with Crippen molar-refractivity contribution in [2.45, 2.75) is 19.4 Å². The van der Waals surface area contributed by atoms with Crippen molar-refractivity contribution in [1.82, 2.24) is 9.55 Å². The zero-order valence-electron chi connectivity index (χ0n) is 11.5. The van der Waals surface area contributed by atoms with Crippen LogP contribution in [0.1, 0.15) is 12.8 Å². The molecule has 1 aliphatic rings. The number of ether oxygens (including phenoxy) is 2. The summed E-state index contributed by atoms with van der Waals surface area (Å²) >= 11 is 0. The maximum absolute atomic E-state index is 12.5. The summed E-state index contributed by atoms with van der Waals surface area (Å²) in [5, 5.41) is 0.639. The van der Waals surface area contributed by atoms with Crippen LogP contribution >= 0.6 is 0 Å². The van der Waals surface area contributed by atoms with Crippen LogP contribution in [0.2, 0.25) is 0 Å². The van der Waals surface area contributed by atoms with Gasteiger partial charge in [-0.05, 0) is 30.9 Å². The Morgan fingerprint density at radius 3 is 2.95 bits per heavy atom. The minimum absolute atomic E-state index is 0.0177. The van der Waals surface area contributed by atoms with Gasteiger partial charge in [0, 0.05) is 25.8 Å². The maximum Gasteiger partial charge on any atom is 0.261 e. The molecule has 5 heteroatoms. The smallest absolute Gasteiger partial charge is 0.261 e. The largest absolute Gasteiger partial charge is 0.497 e. The van der Waals surface area contributed by atoms with Gasteiger partial charge in [0.05, 0.1) is 24.3 Å². The van der Waals surface area contributed by atoms with Gasteiger partial charge in [-0.2, -0.15) is 0 Å². The Balaban J connectivity index is 1.92. The fourth-order valence-corrected chi connectivity index (χ4v) is 2.60. The van der Waals surface area contributed by atoms with Gasteiger partial charge >= 0.3 is 0 Å². The van der Waals surface area contributed by atoms with Crippen molar-refractivity contribution in [3.8, 4) is 5.75 Å². The molecule has 0 unspecified atom stereocenters. The second kappa shape index (κ2) is 5.63. The molecule has 106 valence electrons. The molecule has 1 saturated heterocycles. The van der Waals surface area contributed by atoms with Crippen LogP contribution in [0.5, 0.6) is 5.75 Å². The van der Waals surface area contributed by atoms with Gasteiger partial charge in [0.2, 0.25) is 0 Å². The second-order valence-corrected chi connectivity index (χ2v) is 5.14. The summed E-state index contributed by atoms with van der Waals surface area (Å²) in [5.41, 5.74) is 0.696. The van der Waals surface area contributed by atoms with E-state index in [1.54, 1.807) is 36.2 Å². The first-order chi connectivity index (χ1) is 9.78. The van der Waals surface area contributed by atoms with Gasteiger partial charge in [-0.3, -0.25) is 9.36 Å². The zero-order valence-corrected chi connectivity index (χ0v) is 11.5. The number of hydrogen-bond acceptors (Lipinski definition) is 4. The van der Waals surface area contributed by atoms with Gasteiger partial charge < -0.3 is 9.47 Å². The van der Waals surface area contributed by atoms with Crippen molar-refractivity contribution < 1.29 is 9.47 Å². The summed E-state index contributed by atoms with van der Waals surface area (Å²) in [6, 6.07) is 5.36. The van der Waals surface area contributed by atoms with Gasteiger partial charge in [-0.15, -0.1) is 0 Å². The molecule has 1 aliphatic heterocycles. The summed E-state index contributed by atoms with van der Waals surface area (Å²) in [7, 11) is 1.60. The highest BCUT2D eigenvalue weighted by Crippen LogP contribution is 2.18. The van der Waals surface area contributed by atoms with Crippen LogP contribution in [-0.4, -0.2) is 29.9 Å². The van der Waals surface area contributed by atoms with E-state index >= 15 is 0 Å². The quantitative estimate of drug-likeness (QED) is 0.857. The lowest BCUT2D eigenvalue weighted by atomic mass is 10.0. The molecule has 0 N–H and O–H groups in total. The van der Waals surface area contributed by atoms with Crippen molar-refractivity contribution >= 4 is 10.9 Å². The highest BCUT2D eigenvalue weighted by molar-refractivity contribution is 5.78. The number of methoxy groups -OCH3 is 1. The molecule has 0 aliphatic carbocycles. The molecule has 1 fully saturated rings. The van der Waals surface area contributed by atoms with Gasteiger partial charge in [-0.1, -0.05) is 0 Å². The standard InChI is InChI=1S/C15H18N2O3/c1-19-12-2-3-13-14(8-12)16-10-17(15(13)18)9-11-4-6-20-7-5-11/h2-3,8,10-11H,4-7,9H2,1H3. The summed E-state index contributed by atoms with van der Waals surface area (Å²) in [6.07, 6.45) is 3.65. The van der Waals surface area contributed by atoms with Crippen LogP contribution in [0.25, 0.3) is 10.9 Å². The minimum Gasteiger partial charge on any atom is -0.497 e. The first-order valence-electron chi connectivity index (χ1n) is 6.89. The molecule has 1 aromatic heterocycles. The first-order valence-corrected chi connectivity index (χ1v) is 6.89. The molecule has 2 aromatic rings. The van der Waals surface area contributed by atoms with Crippen molar-refractivity contribution in [3.63, 3.8) is 0 Å². The summed E-state index contributed by atoms with van der Waals surface area (Å²) < 4.78 is 12.2. The molecule has 1 aromatic carbocycles. The van der Waals surface area contributed by atoms with Crippen LogP contribution in [0.15, 0.2) is 29.3 Å². The van der Waals surface area contributed by atoms with E-state index in [1.807, 2.05) is 0 Å². The van der Waals surface area contributed by atoms with Crippen LogP contribution < -0.4 is 10.3 Å². The van der Waals surface area contributed by atoms with E-state index in [4.69, 9.17) is 9.47 Å². The highest BCUT2D eigenvalue weighted by Gasteiger charge is 2.15. The second-order valence-electron chi connectivity index (χ2n) is 5.14. The van der Waals surface area contributed by atoms with E-state index in [0.717, 1.165) is 32.6 Å². The molecule has 0 bridgehead atoms. The predicted octanol–water partition coefficient (Wildman–Crippen LogP) is 1.83. The Labute approximate surface area is 117 Å². The molecular formula is C15H18N2O3. The third kappa shape index (κ3) is 2.54. The Hall–Kier alpha value is -1.88. The van der Waals surface area contributed by atoms with E-state index < -0.39 is 0 Å². The van der Waals surface area contributed by atoms with E-state index in [9.17, 15) is 4.79 Å². The molecule has 0 saturated carbocycles. The average molecular weight is 274 g/mol. The molecule has 5 nitrogen and oxygen atoms in total. The van der Waals surface area contributed by atoms with Crippen molar-refractivity contribution in [2.24, 2.45) is 5.92 Å². The monoisotopic (exact) mass is 274 g/mol. The lowest BCUT2D eigenvalue weighted by Crippen LogP contribution is -2.27. The number of nitrogens with zero attached hydrogens (tertiary/aromatic N) is 2. The normalized spacial score (nSPS) is 16.4. The number of aromatic nitrogens is 2. The summed E-state index contributed by atoms with van der Waals surface area (Å²) in [6.45, 7) is 2.30. The van der Waals surface area contributed by atoms with Crippen LogP contribution in [0.3, 0.4) is 0 Å². The molecule has 0 radical (unpaired) electrons. The Kier molecular flexibility index (Phi) is 3.69. The zero-order chi connectivity index (χ0) is 13.9. The third-order valence-electron chi connectivity index (χ3n) is 3.83. The van der Waals surface area contributed by atoms with E-state index in [1.165, 1.54) is 0 Å². The first kappa shape index (κ1) is 13.1. The van der Waals surface area contributed by atoms with Crippen LogP contribution in [0, 0.1) is 5.92 Å². The van der Waals surface area contributed by atoms with Crippen LogP contribution in [0.4, 0.5) is 0 Å². The summed E-state index contributed by atoms with van der Waals surface area (Å²) in [4.78, 5) is 16.8. The number of rotatable bonds is 3. The number of hydrogen-bond donors (Lipinski definition) is 0. The van der Waals surface area contributed by atoms with E-state index in [-0.39, 0.29) is 5.56 Å². The van der Waals surface area contributed by atoms with Crippen molar-refractivity contribution in [2.75, 3.05) is 20.3 Å². The van der Waals surface area contributed by atoms with E-state index in [0.29, 0.717) is 22.6 Å². The van der Waals surface area contributed by atoms with Crippen molar-refractivity contribution in [3.05, 3.63) is 34.9 Å². The Morgan fingerprint density at radius 1 is 1.40 bits per heavy atom. The number of benzene rings is 1. The minimum atomic E-state index is 0.0177. The van der Waals surface area contributed by atoms with Crippen molar-refractivity contribution in [1.29, 1.82) is 0 Å². The SMILES string of the molecule is COc1ccc2c(=O)n(CC3CCOCC3)cnc2c1. The summed E-state index contributed by atoms with van der Waals surface area (Å²) in [5.74, 6) is 1.21. The fraction of sp³-hybridized carbons (Fsp3) is 0.467. The molecule has 3 rings (SSSR count). The predicted molar refractivity (Wildman–Crippen MR) is 76.1 cm³/mol. The molecule has 0 atom stereocenters. The molecule has 2 heterocycles. The van der Waals surface area contributed by atoms with Gasteiger partial charge in [-0.25, -0.2) is 4.98 Å². The van der Waals surface area contributed by atoms with E-state index in [2.05, 4.69) is 4.98 Å². The highest BCUT2D eigenvalue weighted by atomic mass is 16.5. The van der Waals surface area contributed by atoms with Crippen LogP contribution in [-0.2, 0) is 11.3 Å². The molecule has 0 spiro atoms. The maximum atomic E-state index is 12.5. The third-order valence-corrected chi connectivity index (χ3v) is 3.83. The van der Waals surface area contributed by atoms with Gasteiger partial charge in [0.15, 0.2) is 0 Å². The topological polar surface area (TPSA) is 53.4 Å². The van der Waals surface area contributed by atoms with Gasteiger partial charge in [0.1, 0.15) is 5.75 Å².